The topological polar surface area (TPSA) is 9.86 Å². The molecular formula is C66H44N2SSi. The van der Waals surface area contributed by atoms with Crippen LogP contribution in [0.15, 0.2) is 267 Å². The molecule has 2 nitrogen and oxygen atoms in total. The summed E-state index contributed by atoms with van der Waals surface area (Å²) in [4.78, 5) is 0. The van der Waals surface area contributed by atoms with Crippen LogP contribution in [0.1, 0.15) is 0 Å². The van der Waals surface area contributed by atoms with Crippen molar-refractivity contribution in [2.45, 2.75) is 0 Å². The Balaban J connectivity index is 0.987. The Morgan fingerprint density at radius 1 is 0.271 bits per heavy atom. The molecule has 328 valence electrons. The summed E-state index contributed by atoms with van der Waals surface area (Å²) < 4.78 is 7.50. The largest absolute Gasteiger partial charge is 0.309 e. The first-order chi connectivity index (χ1) is 34.7. The molecule has 0 aliphatic heterocycles. The van der Waals surface area contributed by atoms with E-state index >= 15 is 0 Å². The van der Waals surface area contributed by atoms with Crippen molar-refractivity contribution in [3.63, 3.8) is 0 Å². The number of hydrogen-bond acceptors (Lipinski definition) is 1. The zero-order chi connectivity index (χ0) is 46.2. The molecule has 0 saturated heterocycles. The molecule has 3 aromatic heterocycles. The molecule has 0 amide bonds. The molecule has 0 radical (unpaired) electrons. The fourth-order valence-electron chi connectivity index (χ4n) is 11.6. The minimum Gasteiger partial charge on any atom is -0.309 e. The predicted octanol–water partition coefficient (Wildman–Crippen LogP) is 15.0. The third kappa shape index (κ3) is 6.17. The lowest BCUT2D eigenvalue weighted by Crippen LogP contribution is -2.74. The summed E-state index contributed by atoms with van der Waals surface area (Å²) in [7, 11) is -2.76. The van der Waals surface area contributed by atoms with Crippen molar-refractivity contribution < 1.29 is 0 Å². The summed E-state index contributed by atoms with van der Waals surface area (Å²) in [6.45, 7) is 0. The second kappa shape index (κ2) is 16.3. The van der Waals surface area contributed by atoms with E-state index in [9.17, 15) is 0 Å². The van der Waals surface area contributed by atoms with E-state index in [0.717, 1.165) is 5.69 Å². The molecule has 70 heavy (non-hydrogen) atoms. The molecular weight excluding hydrogens is 881 g/mol. The van der Waals surface area contributed by atoms with Crippen LogP contribution in [-0.4, -0.2) is 17.2 Å². The quantitative estimate of drug-likeness (QED) is 0.106. The van der Waals surface area contributed by atoms with Crippen molar-refractivity contribution in [2.75, 3.05) is 0 Å². The maximum Gasteiger partial charge on any atom is 0.179 e. The van der Waals surface area contributed by atoms with Crippen molar-refractivity contribution in [3.05, 3.63) is 267 Å². The first-order valence-electron chi connectivity index (χ1n) is 24.1. The molecule has 11 aromatic carbocycles. The van der Waals surface area contributed by atoms with Crippen LogP contribution in [0.2, 0.25) is 0 Å². The van der Waals surface area contributed by atoms with Gasteiger partial charge in [0.2, 0.25) is 0 Å². The number of thiophene rings is 1. The average Bonchev–Trinajstić information content (AvgIpc) is 4.10. The van der Waals surface area contributed by atoms with Gasteiger partial charge in [-0.25, -0.2) is 0 Å². The molecule has 0 N–H and O–H groups in total. The number of aromatic nitrogens is 2. The van der Waals surface area contributed by atoms with Crippen molar-refractivity contribution >= 4 is 104 Å². The third-order valence-corrected chi connectivity index (χ3v) is 20.7. The fourth-order valence-corrected chi connectivity index (χ4v) is 17.7. The molecule has 14 aromatic rings. The summed E-state index contributed by atoms with van der Waals surface area (Å²) in [6, 6.07) is 99.4. The summed E-state index contributed by atoms with van der Waals surface area (Å²) >= 11 is 1.91. The molecule has 3 heterocycles. The van der Waals surface area contributed by atoms with E-state index in [4.69, 9.17) is 0 Å². The lowest BCUT2D eigenvalue weighted by atomic mass is 9.96. The monoisotopic (exact) mass is 924 g/mol. The average molecular weight is 925 g/mol. The molecule has 4 heteroatoms. The highest BCUT2D eigenvalue weighted by atomic mass is 32.1. The second-order valence-corrected chi connectivity index (χ2v) is 23.2. The van der Waals surface area contributed by atoms with E-state index in [0.29, 0.717) is 0 Å². The van der Waals surface area contributed by atoms with Gasteiger partial charge in [0.1, 0.15) is 0 Å². The summed E-state index contributed by atoms with van der Waals surface area (Å²) in [5.74, 6) is 0. The van der Waals surface area contributed by atoms with Crippen LogP contribution < -0.4 is 20.7 Å². The first kappa shape index (κ1) is 40.5. The van der Waals surface area contributed by atoms with E-state index in [1.54, 1.807) is 0 Å². The van der Waals surface area contributed by atoms with Gasteiger partial charge in [0.05, 0.1) is 32.5 Å². The Morgan fingerprint density at radius 3 is 1.36 bits per heavy atom. The minimum absolute atomic E-state index is 1.16. The molecule has 0 unspecified atom stereocenters. The SMILES string of the molecule is c1ccc(-c2cc(-c3cccc([Si](c4ccccc4)(c4ccccc4)c4ccccc4)c3)cc3c2sc2c(-n4c5ccccc5c5cc(-n6c7ccccc7c7ccccc76)ccc54)cccc23)cc1. The molecule has 0 fully saturated rings. The van der Waals surface area contributed by atoms with Crippen molar-refractivity contribution in [3.8, 4) is 33.6 Å². The Kier molecular flexibility index (Phi) is 9.44. The summed E-state index contributed by atoms with van der Waals surface area (Å²) in [5.41, 5.74) is 12.1. The minimum atomic E-state index is -2.76. The first-order valence-corrected chi connectivity index (χ1v) is 26.9. The smallest absolute Gasteiger partial charge is 0.179 e. The number of fused-ring (bicyclic) bond motifs is 9. The van der Waals surface area contributed by atoms with Gasteiger partial charge in [-0.2, -0.15) is 0 Å². The highest BCUT2D eigenvalue weighted by Crippen LogP contribution is 2.46. The molecule has 14 rings (SSSR count). The van der Waals surface area contributed by atoms with Gasteiger partial charge in [-0.1, -0.05) is 212 Å². The molecule has 0 bridgehead atoms. The molecule has 0 atom stereocenters. The van der Waals surface area contributed by atoms with Gasteiger partial charge in [0.15, 0.2) is 8.07 Å². The van der Waals surface area contributed by atoms with Crippen LogP contribution in [0.3, 0.4) is 0 Å². The number of nitrogens with zero attached hydrogens (tertiary/aromatic N) is 2. The van der Waals surface area contributed by atoms with Crippen molar-refractivity contribution in [1.29, 1.82) is 0 Å². The van der Waals surface area contributed by atoms with E-state index < -0.39 is 8.07 Å². The van der Waals surface area contributed by atoms with Gasteiger partial charge in [-0.15, -0.1) is 11.3 Å². The lowest BCUT2D eigenvalue weighted by molar-refractivity contribution is 1.17. The van der Waals surface area contributed by atoms with E-state index in [1.165, 1.54) is 112 Å². The van der Waals surface area contributed by atoms with Crippen molar-refractivity contribution in [1.82, 2.24) is 9.13 Å². The van der Waals surface area contributed by atoms with E-state index in [-0.39, 0.29) is 0 Å². The Hall–Kier alpha value is -8.54. The second-order valence-electron chi connectivity index (χ2n) is 18.4. The summed E-state index contributed by atoms with van der Waals surface area (Å²) in [6.07, 6.45) is 0. The van der Waals surface area contributed by atoms with Gasteiger partial charge in [-0.05, 0) is 92.0 Å². The molecule has 0 saturated carbocycles. The Morgan fingerprint density at radius 2 is 0.743 bits per heavy atom. The van der Waals surface area contributed by atoms with Crippen LogP contribution in [-0.2, 0) is 0 Å². The lowest BCUT2D eigenvalue weighted by Gasteiger charge is -2.34. The maximum absolute atomic E-state index is 2.76. The normalized spacial score (nSPS) is 12.0. The van der Waals surface area contributed by atoms with Gasteiger partial charge in [-0.3, -0.25) is 0 Å². The Labute approximate surface area is 411 Å². The van der Waals surface area contributed by atoms with Crippen LogP contribution in [0.5, 0.6) is 0 Å². The van der Waals surface area contributed by atoms with Crippen LogP contribution >= 0.6 is 11.3 Å². The third-order valence-electron chi connectivity index (χ3n) is 14.6. The highest BCUT2D eigenvalue weighted by molar-refractivity contribution is 7.26. The van der Waals surface area contributed by atoms with Crippen molar-refractivity contribution in [2.24, 2.45) is 0 Å². The number of rotatable bonds is 8. The zero-order valence-corrected chi connectivity index (χ0v) is 40.0. The van der Waals surface area contributed by atoms with Crippen LogP contribution in [0, 0.1) is 0 Å². The van der Waals surface area contributed by atoms with E-state index in [1.807, 2.05) is 11.3 Å². The molecule has 0 spiro atoms. The van der Waals surface area contributed by atoms with Crippen LogP contribution in [0.4, 0.5) is 0 Å². The fraction of sp³-hybridized carbons (Fsp3) is 0. The molecule has 0 aliphatic carbocycles. The molecule has 0 aliphatic rings. The van der Waals surface area contributed by atoms with Gasteiger partial charge < -0.3 is 9.13 Å². The number of benzene rings is 11. The van der Waals surface area contributed by atoms with Crippen LogP contribution in [0.25, 0.3) is 97.4 Å². The standard InChI is InChI=1S/C66H44N2SSi/c1-5-21-45(22-6-1)57-42-47(46-23-19-30-52(41-46)70(49-24-7-2-8-25-49,50-26-9-3-10-27-50)51-28-11-4-12-29-51)43-59-56-34-20-38-64(66(56)69-65(57)59)68-62-37-18-15-33-55(62)58-44-48(39-40-63(58)68)67-60-35-16-13-31-53(60)54-32-14-17-36-61(54)67/h1-44H. The van der Waals surface area contributed by atoms with E-state index in [2.05, 4.69) is 276 Å². The zero-order valence-electron chi connectivity index (χ0n) is 38.2. The maximum atomic E-state index is 2.51. The summed E-state index contributed by atoms with van der Waals surface area (Å²) in [5, 5.41) is 13.0. The highest BCUT2D eigenvalue weighted by Gasteiger charge is 2.41. The van der Waals surface area contributed by atoms with Gasteiger partial charge in [0.25, 0.3) is 0 Å². The number of para-hydroxylation sites is 3. The van der Waals surface area contributed by atoms with Gasteiger partial charge in [0, 0.05) is 48.3 Å². The predicted molar refractivity (Wildman–Crippen MR) is 302 cm³/mol. The van der Waals surface area contributed by atoms with Gasteiger partial charge >= 0.3 is 0 Å². The Bertz CT molecular complexity index is 4130. The number of hydrogen-bond donors (Lipinski definition) is 0.